The van der Waals surface area contributed by atoms with Crippen molar-refractivity contribution < 1.29 is 4.74 Å². The van der Waals surface area contributed by atoms with Gasteiger partial charge in [0.2, 0.25) is 0 Å². The number of nitrogens with zero attached hydrogens (tertiary/aromatic N) is 1. The van der Waals surface area contributed by atoms with Gasteiger partial charge in [0.25, 0.3) is 0 Å². The normalized spacial score (nSPS) is 16.7. The van der Waals surface area contributed by atoms with Crippen LogP contribution in [0.15, 0.2) is 59.6 Å². The van der Waals surface area contributed by atoms with E-state index in [-0.39, 0.29) is 5.41 Å². The molecule has 1 heterocycles. The van der Waals surface area contributed by atoms with Crippen molar-refractivity contribution in [3.05, 3.63) is 70.7 Å². The van der Waals surface area contributed by atoms with Gasteiger partial charge in [-0.2, -0.15) is 0 Å². The SMILES string of the molecule is CN=C(NCCc1ccccc1)NCC1(c2cccc(Cl)c2)CCOCC1. The molecule has 0 aliphatic carbocycles. The second-order valence-electron chi connectivity index (χ2n) is 6.99. The second kappa shape index (κ2) is 9.77. The molecule has 1 saturated heterocycles. The van der Waals surface area contributed by atoms with E-state index in [2.05, 4.69) is 52.0 Å². The first-order valence-electron chi connectivity index (χ1n) is 9.54. The summed E-state index contributed by atoms with van der Waals surface area (Å²) in [5.41, 5.74) is 2.60. The summed E-state index contributed by atoms with van der Waals surface area (Å²) in [6.45, 7) is 3.20. The predicted molar refractivity (Wildman–Crippen MR) is 113 cm³/mol. The Kier molecular flexibility index (Phi) is 7.13. The van der Waals surface area contributed by atoms with Crippen LogP contribution in [-0.2, 0) is 16.6 Å². The van der Waals surface area contributed by atoms with Crippen LogP contribution in [0.25, 0.3) is 0 Å². The highest BCUT2D eigenvalue weighted by atomic mass is 35.5. The van der Waals surface area contributed by atoms with Crippen LogP contribution < -0.4 is 10.6 Å². The number of benzene rings is 2. The van der Waals surface area contributed by atoms with Crippen molar-refractivity contribution in [3.63, 3.8) is 0 Å². The van der Waals surface area contributed by atoms with E-state index in [1.54, 1.807) is 0 Å². The van der Waals surface area contributed by atoms with Crippen molar-refractivity contribution in [2.75, 3.05) is 33.4 Å². The molecule has 1 fully saturated rings. The first kappa shape index (κ1) is 19.7. The topological polar surface area (TPSA) is 45.7 Å². The predicted octanol–water partition coefficient (Wildman–Crippen LogP) is 3.80. The lowest BCUT2D eigenvalue weighted by molar-refractivity contribution is 0.0514. The highest BCUT2D eigenvalue weighted by Crippen LogP contribution is 2.35. The zero-order valence-electron chi connectivity index (χ0n) is 15.9. The molecule has 0 amide bonds. The lowest BCUT2D eigenvalue weighted by atomic mass is 9.74. The molecular formula is C22H28ClN3O. The van der Waals surface area contributed by atoms with Crippen molar-refractivity contribution in [2.45, 2.75) is 24.7 Å². The maximum atomic E-state index is 6.26. The number of halogens is 1. The Labute approximate surface area is 167 Å². The molecule has 2 aromatic rings. The second-order valence-corrected chi connectivity index (χ2v) is 7.43. The fourth-order valence-electron chi connectivity index (χ4n) is 3.59. The van der Waals surface area contributed by atoms with Crippen LogP contribution in [0, 0.1) is 0 Å². The molecule has 1 aliphatic heterocycles. The maximum absolute atomic E-state index is 6.26. The maximum Gasteiger partial charge on any atom is 0.191 e. The van der Waals surface area contributed by atoms with E-state index in [0.29, 0.717) is 0 Å². The summed E-state index contributed by atoms with van der Waals surface area (Å²) in [5.74, 6) is 0.832. The molecule has 0 radical (unpaired) electrons. The molecular weight excluding hydrogens is 358 g/mol. The van der Waals surface area contributed by atoms with E-state index in [1.165, 1.54) is 11.1 Å². The van der Waals surface area contributed by atoms with Gasteiger partial charge in [0.15, 0.2) is 5.96 Å². The van der Waals surface area contributed by atoms with Gasteiger partial charge in [-0.1, -0.05) is 54.1 Å². The van der Waals surface area contributed by atoms with E-state index < -0.39 is 0 Å². The molecule has 1 aliphatic rings. The van der Waals surface area contributed by atoms with Gasteiger partial charge in [-0.05, 0) is 42.5 Å². The third-order valence-corrected chi connectivity index (χ3v) is 5.49. The number of nitrogens with one attached hydrogen (secondary N) is 2. The average Bonchev–Trinajstić information content (AvgIpc) is 2.72. The minimum Gasteiger partial charge on any atom is -0.381 e. The Hall–Kier alpha value is -2.04. The summed E-state index contributed by atoms with van der Waals surface area (Å²) < 4.78 is 5.62. The summed E-state index contributed by atoms with van der Waals surface area (Å²) in [5, 5.41) is 7.72. The lowest BCUT2D eigenvalue weighted by Crippen LogP contribution is -2.48. The van der Waals surface area contributed by atoms with E-state index in [1.807, 2.05) is 25.2 Å². The van der Waals surface area contributed by atoms with Crippen LogP contribution in [0.2, 0.25) is 5.02 Å². The standard InChI is InChI=1S/C22H28ClN3O/c1-24-21(25-13-10-18-6-3-2-4-7-18)26-17-22(11-14-27-15-12-22)19-8-5-9-20(23)16-19/h2-9,16H,10-15,17H2,1H3,(H2,24,25,26). The number of rotatable bonds is 6. The molecule has 0 unspecified atom stereocenters. The highest BCUT2D eigenvalue weighted by molar-refractivity contribution is 6.30. The van der Waals surface area contributed by atoms with Crippen molar-refractivity contribution in [1.82, 2.24) is 10.6 Å². The van der Waals surface area contributed by atoms with Crippen molar-refractivity contribution in [3.8, 4) is 0 Å². The molecule has 27 heavy (non-hydrogen) atoms. The zero-order chi connectivity index (χ0) is 19.0. The van der Waals surface area contributed by atoms with Gasteiger partial charge >= 0.3 is 0 Å². The van der Waals surface area contributed by atoms with E-state index >= 15 is 0 Å². The number of guanidine groups is 1. The summed E-state index contributed by atoms with van der Waals surface area (Å²) in [7, 11) is 1.81. The number of aliphatic imine (C=N–C) groups is 1. The Balaban J connectivity index is 1.60. The van der Waals surface area contributed by atoms with Gasteiger partial charge in [0.05, 0.1) is 0 Å². The van der Waals surface area contributed by atoms with E-state index in [9.17, 15) is 0 Å². The Morgan fingerprint density at radius 2 is 1.85 bits per heavy atom. The molecule has 3 rings (SSSR count). The van der Waals surface area contributed by atoms with E-state index in [4.69, 9.17) is 16.3 Å². The monoisotopic (exact) mass is 385 g/mol. The summed E-state index contributed by atoms with van der Waals surface area (Å²) in [4.78, 5) is 4.38. The fourth-order valence-corrected chi connectivity index (χ4v) is 3.78. The zero-order valence-corrected chi connectivity index (χ0v) is 16.6. The van der Waals surface area contributed by atoms with Crippen LogP contribution in [0.1, 0.15) is 24.0 Å². The first-order valence-corrected chi connectivity index (χ1v) is 9.92. The Morgan fingerprint density at radius 1 is 1.07 bits per heavy atom. The van der Waals surface area contributed by atoms with Crippen LogP contribution >= 0.6 is 11.6 Å². The molecule has 2 N–H and O–H groups in total. The number of hydrogen-bond donors (Lipinski definition) is 2. The van der Waals surface area contributed by atoms with Crippen molar-refractivity contribution in [2.24, 2.45) is 4.99 Å². The summed E-state index contributed by atoms with van der Waals surface area (Å²) in [6.07, 6.45) is 2.91. The summed E-state index contributed by atoms with van der Waals surface area (Å²) >= 11 is 6.26. The minimum atomic E-state index is 0.0141. The average molecular weight is 386 g/mol. The molecule has 0 spiro atoms. The Morgan fingerprint density at radius 3 is 2.56 bits per heavy atom. The smallest absolute Gasteiger partial charge is 0.191 e. The first-order chi connectivity index (χ1) is 13.2. The quantitative estimate of drug-likeness (QED) is 0.587. The van der Waals surface area contributed by atoms with Gasteiger partial charge in [-0.15, -0.1) is 0 Å². The molecule has 4 nitrogen and oxygen atoms in total. The van der Waals surface area contributed by atoms with Crippen LogP contribution in [-0.4, -0.2) is 39.3 Å². The highest BCUT2D eigenvalue weighted by Gasteiger charge is 2.34. The fraction of sp³-hybridized carbons (Fsp3) is 0.409. The molecule has 144 valence electrons. The van der Waals surface area contributed by atoms with Gasteiger partial charge < -0.3 is 15.4 Å². The largest absolute Gasteiger partial charge is 0.381 e. The van der Waals surface area contributed by atoms with Gasteiger partial charge in [-0.25, -0.2) is 0 Å². The molecule has 0 saturated carbocycles. The molecule has 2 aromatic carbocycles. The van der Waals surface area contributed by atoms with E-state index in [0.717, 1.165) is 56.5 Å². The van der Waals surface area contributed by atoms with Gasteiger partial charge in [0, 0.05) is 43.8 Å². The van der Waals surface area contributed by atoms with Crippen LogP contribution in [0.4, 0.5) is 0 Å². The van der Waals surface area contributed by atoms with Crippen LogP contribution in [0.5, 0.6) is 0 Å². The third kappa shape index (κ3) is 5.47. The lowest BCUT2D eigenvalue weighted by Gasteiger charge is -2.38. The summed E-state index contributed by atoms with van der Waals surface area (Å²) in [6, 6.07) is 18.7. The minimum absolute atomic E-state index is 0.0141. The van der Waals surface area contributed by atoms with Crippen molar-refractivity contribution >= 4 is 17.6 Å². The Bertz CT molecular complexity index is 742. The molecule has 0 bridgehead atoms. The molecule has 0 atom stereocenters. The molecule has 0 aromatic heterocycles. The molecule has 5 heteroatoms. The van der Waals surface area contributed by atoms with Gasteiger partial charge in [-0.3, -0.25) is 4.99 Å². The number of ether oxygens (including phenoxy) is 1. The van der Waals surface area contributed by atoms with Crippen molar-refractivity contribution in [1.29, 1.82) is 0 Å². The van der Waals surface area contributed by atoms with Crippen LogP contribution in [0.3, 0.4) is 0 Å². The number of hydrogen-bond acceptors (Lipinski definition) is 2. The third-order valence-electron chi connectivity index (χ3n) is 5.25. The van der Waals surface area contributed by atoms with Gasteiger partial charge in [0.1, 0.15) is 0 Å².